The lowest BCUT2D eigenvalue weighted by Gasteiger charge is -2.28. The largest absolute Gasteiger partial charge is 0.0651 e. The molecule has 0 aromatic rings. The van der Waals surface area contributed by atoms with Crippen LogP contribution in [-0.2, 0) is 0 Å². The van der Waals surface area contributed by atoms with Crippen molar-refractivity contribution in [2.45, 2.75) is 60.8 Å². The zero-order valence-corrected chi connectivity index (χ0v) is 9.78. The summed E-state index contributed by atoms with van der Waals surface area (Å²) in [5, 5.41) is 0. The highest BCUT2D eigenvalue weighted by molar-refractivity contribution is 4.71. The first kappa shape index (κ1) is 12.0. The van der Waals surface area contributed by atoms with Crippen molar-refractivity contribution >= 4 is 0 Å². The van der Waals surface area contributed by atoms with Crippen molar-refractivity contribution in [1.29, 1.82) is 0 Å². The third kappa shape index (κ3) is 4.79. The standard InChI is InChI=1S/C12H26/c1-7-11(8-2)10(3)9-12(4,5)6/h10-11H,7-9H2,1-6H3. The molecule has 0 aliphatic heterocycles. The van der Waals surface area contributed by atoms with Gasteiger partial charge in [0.25, 0.3) is 0 Å². The maximum Gasteiger partial charge on any atom is -0.0380 e. The third-order valence-electron chi connectivity index (χ3n) is 2.79. The summed E-state index contributed by atoms with van der Waals surface area (Å²) < 4.78 is 0. The van der Waals surface area contributed by atoms with Gasteiger partial charge in [0.2, 0.25) is 0 Å². The fourth-order valence-electron chi connectivity index (χ4n) is 2.23. The van der Waals surface area contributed by atoms with Crippen molar-refractivity contribution in [2.75, 3.05) is 0 Å². The van der Waals surface area contributed by atoms with Crippen LogP contribution in [0.3, 0.4) is 0 Å². The summed E-state index contributed by atoms with van der Waals surface area (Å²) in [5.41, 5.74) is 0.502. The quantitative estimate of drug-likeness (QED) is 0.583. The molecule has 0 amide bonds. The molecule has 0 radical (unpaired) electrons. The zero-order chi connectivity index (χ0) is 9.78. The minimum Gasteiger partial charge on any atom is -0.0651 e. The normalized spacial score (nSPS) is 15.2. The Morgan fingerprint density at radius 2 is 1.42 bits per heavy atom. The first-order valence-corrected chi connectivity index (χ1v) is 5.40. The summed E-state index contributed by atoms with van der Waals surface area (Å²) in [7, 11) is 0. The lowest BCUT2D eigenvalue weighted by molar-refractivity contribution is 0.229. The molecule has 0 nitrogen and oxygen atoms in total. The summed E-state index contributed by atoms with van der Waals surface area (Å²) in [6.45, 7) is 14.0. The summed E-state index contributed by atoms with van der Waals surface area (Å²) in [6, 6.07) is 0. The second-order valence-electron chi connectivity index (χ2n) is 5.32. The molecule has 12 heavy (non-hydrogen) atoms. The first-order valence-electron chi connectivity index (χ1n) is 5.40. The lowest BCUT2D eigenvalue weighted by Crippen LogP contribution is -2.17. The second-order valence-corrected chi connectivity index (χ2v) is 5.32. The monoisotopic (exact) mass is 170 g/mol. The van der Waals surface area contributed by atoms with E-state index in [1.54, 1.807) is 0 Å². The van der Waals surface area contributed by atoms with Gasteiger partial charge in [0.05, 0.1) is 0 Å². The Morgan fingerprint density at radius 1 is 1.00 bits per heavy atom. The molecule has 74 valence electrons. The van der Waals surface area contributed by atoms with E-state index in [1.807, 2.05) is 0 Å². The summed E-state index contributed by atoms with van der Waals surface area (Å²) in [4.78, 5) is 0. The smallest absolute Gasteiger partial charge is 0.0380 e. The van der Waals surface area contributed by atoms with Crippen LogP contribution in [0, 0.1) is 17.3 Å². The van der Waals surface area contributed by atoms with E-state index < -0.39 is 0 Å². The van der Waals surface area contributed by atoms with Crippen LogP contribution in [0.2, 0.25) is 0 Å². The average Bonchev–Trinajstić information content (AvgIpc) is 1.85. The van der Waals surface area contributed by atoms with E-state index >= 15 is 0 Å². The van der Waals surface area contributed by atoms with Gasteiger partial charge in [-0.2, -0.15) is 0 Å². The first-order chi connectivity index (χ1) is 5.40. The molecule has 1 atom stereocenters. The average molecular weight is 170 g/mol. The van der Waals surface area contributed by atoms with E-state index in [-0.39, 0.29) is 0 Å². The van der Waals surface area contributed by atoms with Gasteiger partial charge in [0, 0.05) is 0 Å². The Bertz CT molecular complexity index is 104. The van der Waals surface area contributed by atoms with Crippen LogP contribution in [0.1, 0.15) is 60.8 Å². The summed E-state index contributed by atoms with van der Waals surface area (Å²) in [5.74, 6) is 1.82. The molecule has 0 aromatic heterocycles. The highest BCUT2D eigenvalue weighted by Gasteiger charge is 2.20. The van der Waals surface area contributed by atoms with Crippen LogP contribution in [0.15, 0.2) is 0 Å². The molecule has 0 rings (SSSR count). The molecule has 0 aliphatic rings. The van der Waals surface area contributed by atoms with Crippen molar-refractivity contribution in [3.63, 3.8) is 0 Å². The van der Waals surface area contributed by atoms with Crippen LogP contribution in [0.25, 0.3) is 0 Å². The molecule has 0 aromatic carbocycles. The predicted molar refractivity (Wildman–Crippen MR) is 57.3 cm³/mol. The van der Waals surface area contributed by atoms with Gasteiger partial charge in [-0.25, -0.2) is 0 Å². The van der Waals surface area contributed by atoms with Gasteiger partial charge < -0.3 is 0 Å². The molecule has 0 heteroatoms. The molecule has 0 bridgehead atoms. The fraction of sp³-hybridized carbons (Fsp3) is 1.00. The highest BCUT2D eigenvalue weighted by Crippen LogP contribution is 2.31. The molecular formula is C12H26. The number of hydrogen-bond donors (Lipinski definition) is 0. The van der Waals surface area contributed by atoms with Crippen molar-refractivity contribution in [1.82, 2.24) is 0 Å². The van der Waals surface area contributed by atoms with Crippen molar-refractivity contribution in [3.8, 4) is 0 Å². The van der Waals surface area contributed by atoms with Crippen LogP contribution < -0.4 is 0 Å². The van der Waals surface area contributed by atoms with Gasteiger partial charge in [-0.15, -0.1) is 0 Å². The van der Waals surface area contributed by atoms with Crippen molar-refractivity contribution in [3.05, 3.63) is 0 Å². The zero-order valence-electron chi connectivity index (χ0n) is 9.78. The Balaban J connectivity index is 3.92. The van der Waals surface area contributed by atoms with Gasteiger partial charge in [0.15, 0.2) is 0 Å². The second kappa shape index (κ2) is 4.89. The molecule has 0 heterocycles. The summed E-state index contributed by atoms with van der Waals surface area (Å²) in [6.07, 6.45) is 4.04. The SMILES string of the molecule is CCC(CC)C(C)CC(C)(C)C. The molecule has 0 fully saturated rings. The van der Waals surface area contributed by atoms with Crippen LogP contribution >= 0.6 is 0 Å². The van der Waals surface area contributed by atoms with Crippen LogP contribution in [0.5, 0.6) is 0 Å². The van der Waals surface area contributed by atoms with Crippen molar-refractivity contribution < 1.29 is 0 Å². The lowest BCUT2D eigenvalue weighted by atomic mass is 9.78. The number of rotatable bonds is 4. The maximum atomic E-state index is 2.41. The molecule has 0 spiro atoms. The molecule has 0 saturated heterocycles. The van der Waals surface area contributed by atoms with Gasteiger partial charge in [-0.05, 0) is 23.7 Å². The van der Waals surface area contributed by atoms with Gasteiger partial charge in [-0.1, -0.05) is 54.4 Å². The van der Waals surface area contributed by atoms with Gasteiger partial charge in [0.1, 0.15) is 0 Å². The predicted octanol–water partition coefficient (Wildman–Crippen LogP) is 4.49. The summed E-state index contributed by atoms with van der Waals surface area (Å²) >= 11 is 0. The minimum absolute atomic E-state index is 0.502. The van der Waals surface area contributed by atoms with Crippen molar-refractivity contribution in [2.24, 2.45) is 17.3 Å². The topological polar surface area (TPSA) is 0 Å². The highest BCUT2D eigenvalue weighted by atomic mass is 14.3. The minimum atomic E-state index is 0.502. The van der Waals surface area contributed by atoms with Gasteiger partial charge >= 0.3 is 0 Å². The van der Waals surface area contributed by atoms with Crippen LogP contribution in [-0.4, -0.2) is 0 Å². The fourth-order valence-corrected chi connectivity index (χ4v) is 2.23. The van der Waals surface area contributed by atoms with Gasteiger partial charge in [-0.3, -0.25) is 0 Å². The molecule has 1 unspecified atom stereocenters. The molecule has 0 saturated carbocycles. The van der Waals surface area contributed by atoms with E-state index in [1.165, 1.54) is 19.3 Å². The third-order valence-corrected chi connectivity index (χ3v) is 2.79. The van der Waals surface area contributed by atoms with E-state index in [9.17, 15) is 0 Å². The Kier molecular flexibility index (Phi) is 4.89. The Labute approximate surface area is 78.8 Å². The van der Waals surface area contributed by atoms with E-state index in [0.717, 1.165) is 11.8 Å². The Morgan fingerprint density at radius 3 is 1.67 bits per heavy atom. The van der Waals surface area contributed by atoms with Crippen LogP contribution in [0.4, 0.5) is 0 Å². The van der Waals surface area contributed by atoms with E-state index in [0.29, 0.717) is 5.41 Å². The Hall–Kier alpha value is 0. The van der Waals surface area contributed by atoms with E-state index in [4.69, 9.17) is 0 Å². The maximum absolute atomic E-state index is 2.41. The number of hydrogen-bond acceptors (Lipinski definition) is 0. The van der Waals surface area contributed by atoms with E-state index in [2.05, 4.69) is 41.5 Å². The molecular weight excluding hydrogens is 144 g/mol. The molecule has 0 aliphatic carbocycles. The molecule has 0 N–H and O–H groups in total.